The fraction of sp³-hybridized carbons (Fsp3) is 0.118. The summed E-state index contributed by atoms with van der Waals surface area (Å²) >= 11 is 0. The van der Waals surface area contributed by atoms with Gasteiger partial charge >= 0.3 is 0 Å². The molecule has 0 bridgehead atoms. The van der Waals surface area contributed by atoms with Gasteiger partial charge in [0.05, 0.1) is 7.11 Å². The molecule has 1 amide bonds. The minimum Gasteiger partial charge on any atom is -0.332 e. The van der Waals surface area contributed by atoms with Crippen molar-refractivity contribution in [1.29, 1.82) is 0 Å². The Kier molecular flexibility index (Phi) is 4.53. The highest BCUT2D eigenvalue weighted by atomic mass is 16.6. The molecule has 0 aliphatic rings. The first kappa shape index (κ1) is 15.7. The third-order valence-corrected chi connectivity index (χ3v) is 3.39. The zero-order valence-electron chi connectivity index (χ0n) is 13.2. The maximum Gasteiger partial charge on any atom is 0.274 e. The van der Waals surface area contributed by atoms with Gasteiger partial charge in [-0.2, -0.15) is 4.98 Å². The van der Waals surface area contributed by atoms with Crippen molar-refractivity contribution in [3.05, 3.63) is 59.7 Å². The average Bonchev–Trinajstić information content (AvgIpc) is 3.06. The number of carbonyl (C=O) groups excluding carboxylic acids is 1. The predicted octanol–water partition coefficient (Wildman–Crippen LogP) is 3.08. The Morgan fingerprint density at radius 1 is 1.17 bits per heavy atom. The molecule has 0 saturated heterocycles. The van der Waals surface area contributed by atoms with Crippen LogP contribution >= 0.6 is 0 Å². The second-order valence-corrected chi connectivity index (χ2v) is 5.08. The van der Waals surface area contributed by atoms with Gasteiger partial charge in [0.15, 0.2) is 0 Å². The number of rotatable bonds is 5. The molecule has 2 N–H and O–H groups in total. The lowest BCUT2D eigenvalue weighted by molar-refractivity contribution is 0.0537. The van der Waals surface area contributed by atoms with Gasteiger partial charge in [-0.1, -0.05) is 24.3 Å². The van der Waals surface area contributed by atoms with Gasteiger partial charge in [-0.3, -0.25) is 9.63 Å². The van der Waals surface area contributed by atoms with E-state index in [1.807, 2.05) is 43.3 Å². The number of hydrogen-bond donors (Lipinski definition) is 2. The largest absolute Gasteiger partial charge is 0.332 e. The second-order valence-electron chi connectivity index (χ2n) is 5.08. The van der Waals surface area contributed by atoms with E-state index in [1.165, 1.54) is 7.11 Å². The summed E-state index contributed by atoms with van der Waals surface area (Å²) in [5, 5.41) is 6.98. The number of aryl methyl sites for hydroxylation is 1. The molecular weight excluding hydrogens is 308 g/mol. The monoisotopic (exact) mass is 324 g/mol. The van der Waals surface area contributed by atoms with E-state index < -0.39 is 0 Å². The van der Waals surface area contributed by atoms with E-state index in [9.17, 15) is 4.79 Å². The van der Waals surface area contributed by atoms with Crippen LogP contribution in [0.5, 0.6) is 0 Å². The lowest BCUT2D eigenvalue weighted by Crippen LogP contribution is -2.21. The maximum absolute atomic E-state index is 11.8. The average molecular weight is 324 g/mol. The van der Waals surface area contributed by atoms with Crippen LogP contribution in [0.3, 0.4) is 0 Å². The molecule has 3 aromatic rings. The van der Waals surface area contributed by atoms with Crippen molar-refractivity contribution in [1.82, 2.24) is 15.6 Å². The maximum atomic E-state index is 11.8. The van der Waals surface area contributed by atoms with Gasteiger partial charge in [-0.05, 0) is 41.9 Å². The smallest absolute Gasteiger partial charge is 0.274 e. The highest BCUT2D eigenvalue weighted by molar-refractivity contribution is 5.94. The van der Waals surface area contributed by atoms with Gasteiger partial charge < -0.3 is 9.84 Å². The van der Waals surface area contributed by atoms with Crippen LogP contribution in [0.1, 0.15) is 15.9 Å². The van der Waals surface area contributed by atoms with E-state index in [4.69, 9.17) is 4.52 Å². The molecule has 0 spiro atoms. The summed E-state index contributed by atoms with van der Waals surface area (Å²) in [6, 6.07) is 14.7. The summed E-state index contributed by atoms with van der Waals surface area (Å²) in [5.74, 6) is 0.406. The first-order chi connectivity index (χ1) is 11.7. The Hall–Kier alpha value is -3.19. The molecule has 122 valence electrons. The molecule has 1 heterocycles. The predicted molar refractivity (Wildman–Crippen MR) is 88.7 cm³/mol. The minimum absolute atomic E-state index is 0.321. The Balaban J connectivity index is 1.82. The number of hydrogen-bond acceptors (Lipinski definition) is 6. The lowest BCUT2D eigenvalue weighted by atomic mass is 10.1. The summed E-state index contributed by atoms with van der Waals surface area (Å²) in [6.45, 7) is 1.92. The van der Waals surface area contributed by atoms with E-state index in [2.05, 4.69) is 25.8 Å². The van der Waals surface area contributed by atoms with Gasteiger partial charge in [0.2, 0.25) is 0 Å². The molecule has 0 aliphatic carbocycles. The number of benzene rings is 2. The molecule has 0 aliphatic heterocycles. The van der Waals surface area contributed by atoms with Crippen LogP contribution in [0.15, 0.2) is 53.1 Å². The van der Waals surface area contributed by atoms with Crippen molar-refractivity contribution in [3.63, 3.8) is 0 Å². The topological polar surface area (TPSA) is 89.3 Å². The Bertz CT molecular complexity index is 846. The minimum atomic E-state index is -0.335. The fourth-order valence-electron chi connectivity index (χ4n) is 2.14. The molecule has 24 heavy (non-hydrogen) atoms. The molecule has 7 nitrogen and oxygen atoms in total. The molecule has 0 radical (unpaired) electrons. The third-order valence-electron chi connectivity index (χ3n) is 3.39. The molecule has 3 rings (SSSR count). The summed E-state index contributed by atoms with van der Waals surface area (Å²) in [6.07, 6.45) is 0. The SMILES string of the molecule is CONC(=O)c1ccc(C)c(Nc2noc(-c3ccccc3)n2)c1. The quantitative estimate of drug-likeness (QED) is 0.701. The van der Waals surface area contributed by atoms with Crippen molar-refractivity contribution in [2.24, 2.45) is 0 Å². The number of nitrogens with one attached hydrogen (secondary N) is 2. The number of nitrogens with zero attached hydrogens (tertiary/aromatic N) is 2. The zero-order valence-corrected chi connectivity index (χ0v) is 13.2. The van der Waals surface area contributed by atoms with Crippen molar-refractivity contribution < 1.29 is 14.2 Å². The standard InChI is InChI=1S/C17H16N4O3/c1-11-8-9-13(15(22)20-23-2)10-14(11)18-17-19-16(24-21-17)12-6-4-3-5-7-12/h3-10H,1-2H3,(H,18,21)(H,20,22). The number of amides is 1. The van der Waals surface area contributed by atoms with Gasteiger partial charge in [0.1, 0.15) is 0 Å². The number of hydroxylamine groups is 1. The van der Waals surface area contributed by atoms with E-state index in [0.717, 1.165) is 11.1 Å². The number of carbonyl (C=O) groups is 1. The highest BCUT2D eigenvalue weighted by Crippen LogP contribution is 2.23. The molecule has 0 fully saturated rings. The molecule has 2 aromatic carbocycles. The normalized spacial score (nSPS) is 10.4. The van der Waals surface area contributed by atoms with Crippen LogP contribution in [-0.2, 0) is 4.84 Å². The van der Waals surface area contributed by atoms with E-state index >= 15 is 0 Å². The second kappa shape index (κ2) is 6.93. The van der Waals surface area contributed by atoms with Crippen molar-refractivity contribution in [2.45, 2.75) is 6.92 Å². The van der Waals surface area contributed by atoms with Crippen LogP contribution in [0, 0.1) is 6.92 Å². The van der Waals surface area contributed by atoms with E-state index in [1.54, 1.807) is 12.1 Å². The van der Waals surface area contributed by atoms with Crippen LogP contribution in [-0.4, -0.2) is 23.2 Å². The molecule has 7 heteroatoms. The summed E-state index contributed by atoms with van der Waals surface area (Å²) < 4.78 is 5.26. The Morgan fingerprint density at radius 3 is 2.71 bits per heavy atom. The number of anilines is 2. The van der Waals surface area contributed by atoms with Crippen LogP contribution in [0.25, 0.3) is 11.5 Å². The van der Waals surface area contributed by atoms with E-state index in [0.29, 0.717) is 23.1 Å². The van der Waals surface area contributed by atoms with Crippen LogP contribution < -0.4 is 10.8 Å². The molecule has 0 saturated carbocycles. The van der Waals surface area contributed by atoms with Crippen molar-refractivity contribution in [2.75, 3.05) is 12.4 Å². The van der Waals surface area contributed by atoms with Crippen molar-refractivity contribution in [3.8, 4) is 11.5 Å². The zero-order chi connectivity index (χ0) is 16.9. The van der Waals surface area contributed by atoms with Gasteiger partial charge in [-0.15, -0.1) is 0 Å². The number of aromatic nitrogens is 2. The fourth-order valence-corrected chi connectivity index (χ4v) is 2.14. The van der Waals surface area contributed by atoms with Gasteiger partial charge in [-0.25, -0.2) is 5.48 Å². The summed E-state index contributed by atoms with van der Waals surface area (Å²) in [4.78, 5) is 20.8. The Labute approximate surface area is 138 Å². The third kappa shape index (κ3) is 3.41. The van der Waals surface area contributed by atoms with Crippen LogP contribution in [0.4, 0.5) is 11.6 Å². The van der Waals surface area contributed by atoms with Crippen LogP contribution in [0.2, 0.25) is 0 Å². The summed E-state index contributed by atoms with van der Waals surface area (Å²) in [7, 11) is 1.38. The molecule has 1 aromatic heterocycles. The van der Waals surface area contributed by atoms with Gasteiger partial charge in [0.25, 0.3) is 17.7 Å². The Morgan fingerprint density at radius 2 is 1.96 bits per heavy atom. The van der Waals surface area contributed by atoms with Gasteiger partial charge in [0, 0.05) is 16.8 Å². The van der Waals surface area contributed by atoms with Crippen molar-refractivity contribution >= 4 is 17.5 Å². The highest BCUT2D eigenvalue weighted by Gasteiger charge is 2.12. The molecule has 0 atom stereocenters. The molecule has 0 unspecified atom stereocenters. The molecular formula is C17H16N4O3. The summed E-state index contributed by atoms with van der Waals surface area (Å²) in [5.41, 5.74) is 5.22. The first-order valence-electron chi connectivity index (χ1n) is 7.27. The lowest BCUT2D eigenvalue weighted by Gasteiger charge is -2.08. The van der Waals surface area contributed by atoms with E-state index in [-0.39, 0.29) is 5.91 Å². The first-order valence-corrected chi connectivity index (χ1v) is 7.27.